The van der Waals surface area contributed by atoms with E-state index in [9.17, 15) is 4.79 Å². The molecule has 2 aromatic heterocycles. The van der Waals surface area contributed by atoms with Crippen LogP contribution in [0.2, 0.25) is 0 Å². The van der Waals surface area contributed by atoms with E-state index in [0.29, 0.717) is 24.2 Å². The average Bonchev–Trinajstić information content (AvgIpc) is 2.70. The van der Waals surface area contributed by atoms with Gasteiger partial charge < -0.3 is 5.32 Å². The quantitative estimate of drug-likeness (QED) is 0.673. The summed E-state index contributed by atoms with van der Waals surface area (Å²) < 4.78 is 0. The Bertz CT molecular complexity index is 930. The van der Waals surface area contributed by atoms with Gasteiger partial charge in [-0.3, -0.25) is 14.7 Å². The van der Waals surface area contributed by atoms with Crippen molar-refractivity contribution in [3.05, 3.63) is 60.4 Å². The largest absolute Gasteiger partial charge is 0.351 e. The third-order valence-corrected chi connectivity index (χ3v) is 4.92. The van der Waals surface area contributed by atoms with E-state index < -0.39 is 0 Å². The molecule has 0 spiro atoms. The molecule has 0 aliphatic carbocycles. The van der Waals surface area contributed by atoms with Gasteiger partial charge in [0.1, 0.15) is 0 Å². The summed E-state index contributed by atoms with van der Waals surface area (Å²) in [6.07, 6.45) is 3.47. The number of rotatable bonds is 7. The van der Waals surface area contributed by atoms with Crippen LogP contribution in [-0.2, 0) is 0 Å². The average molecular weight is 377 g/mol. The molecule has 1 N–H and O–H groups in total. The van der Waals surface area contributed by atoms with Crippen molar-refractivity contribution in [3.63, 3.8) is 0 Å². The molecule has 146 valence electrons. The Hall–Kier alpha value is -2.79. The van der Waals surface area contributed by atoms with E-state index in [-0.39, 0.29) is 5.91 Å². The van der Waals surface area contributed by atoms with Gasteiger partial charge >= 0.3 is 0 Å². The van der Waals surface area contributed by atoms with Crippen LogP contribution in [0.3, 0.4) is 0 Å². The van der Waals surface area contributed by atoms with Crippen molar-refractivity contribution in [2.45, 2.75) is 39.8 Å². The van der Waals surface area contributed by atoms with Crippen molar-refractivity contribution in [3.8, 4) is 11.3 Å². The van der Waals surface area contributed by atoms with Gasteiger partial charge in [-0.1, -0.05) is 18.2 Å². The Morgan fingerprint density at radius 3 is 2.39 bits per heavy atom. The summed E-state index contributed by atoms with van der Waals surface area (Å²) in [5, 5.41) is 3.95. The van der Waals surface area contributed by atoms with Crippen molar-refractivity contribution in [1.82, 2.24) is 20.2 Å². The van der Waals surface area contributed by atoms with E-state index in [0.717, 1.165) is 28.7 Å². The molecule has 5 heteroatoms. The van der Waals surface area contributed by atoms with E-state index in [2.05, 4.69) is 42.9 Å². The summed E-state index contributed by atoms with van der Waals surface area (Å²) in [5.74, 6) is -0.0682. The van der Waals surface area contributed by atoms with Crippen molar-refractivity contribution in [1.29, 1.82) is 0 Å². The van der Waals surface area contributed by atoms with Gasteiger partial charge in [-0.05, 0) is 52.0 Å². The van der Waals surface area contributed by atoms with Gasteiger partial charge in [0.05, 0.1) is 16.8 Å². The van der Waals surface area contributed by atoms with Gasteiger partial charge in [0.25, 0.3) is 5.91 Å². The molecule has 0 radical (unpaired) electrons. The fourth-order valence-electron chi connectivity index (χ4n) is 3.54. The Morgan fingerprint density at radius 2 is 1.71 bits per heavy atom. The van der Waals surface area contributed by atoms with Gasteiger partial charge in [0.2, 0.25) is 0 Å². The lowest BCUT2D eigenvalue weighted by Gasteiger charge is -2.30. The summed E-state index contributed by atoms with van der Waals surface area (Å²) in [4.78, 5) is 24.2. The van der Waals surface area contributed by atoms with Gasteiger partial charge in [-0.25, -0.2) is 4.98 Å². The van der Waals surface area contributed by atoms with Crippen LogP contribution < -0.4 is 5.32 Å². The first-order valence-electron chi connectivity index (χ1n) is 9.81. The maximum absolute atomic E-state index is 13.0. The van der Waals surface area contributed by atoms with Crippen LogP contribution >= 0.6 is 0 Å². The number of nitrogens with one attached hydrogen (secondary N) is 1. The molecule has 0 aliphatic heterocycles. The summed E-state index contributed by atoms with van der Waals surface area (Å²) in [6.45, 7) is 10.1. The monoisotopic (exact) mass is 376 g/mol. The SMILES string of the molecule is CC(C)N(CCNC(=O)c1cc(-c2ccncc2)nc2ccccc12)C(C)C. The zero-order chi connectivity index (χ0) is 20.1. The highest BCUT2D eigenvalue weighted by Crippen LogP contribution is 2.24. The number of nitrogens with zero attached hydrogens (tertiary/aromatic N) is 3. The van der Waals surface area contributed by atoms with Gasteiger partial charge in [0.15, 0.2) is 0 Å². The molecule has 28 heavy (non-hydrogen) atoms. The molecular formula is C23H28N4O. The minimum atomic E-state index is -0.0682. The maximum Gasteiger partial charge on any atom is 0.252 e. The lowest BCUT2D eigenvalue weighted by molar-refractivity contribution is 0.0941. The molecule has 0 unspecified atom stereocenters. The van der Waals surface area contributed by atoms with Crippen LogP contribution in [0.1, 0.15) is 38.1 Å². The van der Waals surface area contributed by atoms with E-state index in [1.807, 2.05) is 42.5 Å². The first-order valence-corrected chi connectivity index (χ1v) is 9.81. The molecule has 0 aliphatic rings. The van der Waals surface area contributed by atoms with Crippen molar-refractivity contribution in [2.24, 2.45) is 0 Å². The minimum absolute atomic E-state index is 0.0682. The number of carbonyl (C=O) groups excluding carboxylic acids is 1. The predicted octanol–water partition coefficient (Wildman–Crippen LogP) is 4.15. The second-order valence-corrected chi connectivity index (χ2v) is 7.49. The van der Waals surface area contributed by atoms with Crippen LogP contribution in [-0.4, -0.2) is 45.9 Å². The van der Waals surface area contributed by atoms with Gasteiger partial charge in [0, 0.05) is 48.5 Å². The molecular weight excluding hydrogens is 348 g/mol. The van der Waals surface area contributed by atoms with Gasteiger partial charge in [-0.15, -0.1) is 0 Å². The standard InChI is InChI=1S/C23H28N4O/c1-16(2)27(17(3)4)14-13-25-23(28)20-15-22(18-9-11-24-12-10-18)26-21-8-6-5-7-19(20)21/h5-12,15-17H,13-14H2,1-4H3,(H,25,28). The van der Waals surface area contributed by atoms with Crippen LogP contribution in [0.5, 0.6) is 0 Å². The molecule has 0 bridgehead atoms. The van der Waals surface area contributed by atoms with Crippen LogP contribution in [0, 0.1) is 0 Å². The fourth-order valence-corrected chi connectivity index (χ4v) is 3.54. The smallest absolute Gasteiger partial charge is 0.252 e. The van der Waals surface area contributed by atoms with E-state index in [4.69, 9.17) is 4.98 Å². The summed E-state index contributed by atoms with van der Waals surface area (Å²) >= 11 is 0. The van der Waals surface area contributed by atoms with Crippen molar-refractivity contribution < 1.29 is 4.79 Å². The second-order valence-electron chi connectivity index (χ2n) is 7.49. The highest BCUT2D eigenvalue weighted by molar-refractivity contribution is 6.07. The zero-order valence-corrected chi connectivity index (χ0v) is 17.0. The molecule has 5 nitrogen and oxygen atoms in total. The Balaban J connectivity index is 1.86. The van der Waals surface area contributed by atoms with Crippen molar-refractivity contribution in [2.75, 3.05) is 13.1 Å². The zero-order valence-electron chi connectivity index (χ0n) is 17.0. The predicted molar refractivity (Wildman–Crippen MR) is 114 cm³/mol. The molecule has 3 aromatic rings. The van der Waals surface area contributed by atoms with Gasteiger partial charge in [-0.2, -0.15) is 0 Å². The molecule has 1 amide bonds. The van der Waals surface area contributed by atoms with Crippen molar-refractivity contribution >= 4 is 16.8 Å². The summed E-state index contributed by atoms with van der Waals surface area (Å²) in [5.41, 5.74) is 3.18. The molecule has 0 saturated carbocycles. The third kappa shape index (κ3) is 4.54. The number of hydrogen-bond donors (Lipinski definition) is 1. The Morgan fingerprint density at radius 1 is 1.04 bits per heavy atom. The molecule has 1 aromatic carbocycles. The van der Waals surface area contributed by atoms with Crippen LogP contribution in [0.25, 0.3) is 22.2 Å². The third-order valence-electron chi connectivity index (χ3n) is 4.92. The number of para-hydroxylation sites is 1. The minimum Gasteiger partial charge on any atom is -0.351 e. The number of hydrogen-bond acceptors (Lipinski definition) is 4. The fraction of sp³-hybridized carbons (Fsp3) is 0.348. The highest BCUT2D eigenvalue weighted by atomic mass is 16.1. The summed E-state index contributed by atoms with van der Waals surface area (Å²) in [7, 11) is 0. The Kier molecular flexibility index (Phi) is 6.37. The van der Waals surface area contributed by atoms with Crippen LogP contribution in [0.4, 0.5) is 0 Å². The topological polar surface area (TPSA) is 58.1 Å². The first-order chi connectivity index (χ1) is 13.5. The molecule has 3 rings (SSSR count). The van der Waals surface area contributed by atoms with Crippen LogP contribution in [0.15, 0.2) is 54.9 Å². The maximum atomic E-state index is 13.0. The Labute approximate surface area is 166 Å². The second kappa shape index (κ2) is 8.93. The molecule has 0 fully saturated rings. The number of amides is 1. The van der Waals surface area contributed by atoms with E-state index in [1.165, 1.54) is 0 Å². The number of carbonyl (C=O) groups is 1. The number of benzene rings is 1. The highest BCUT2D eigenvalue weighted by Gasteiger charge is 2.16. The molecule has 0 saturated heterocycles. The van der Waals surface area contributed by atoms with E-state index in [1.54, 1.807) is 12.4 Å². The normalized spacial score (nSPS) is 11.5. The lowest BCUT2D eigenvalue weighted by Crippen LogP contribution is -2.42. The molecule has 2 heterocycles. The first kappa shape index (κ1) is 20.0. The molecule has 0 atom stereocenters. The lowest BCUT2D eigenvalue weighted by atomic mass is 10.0. The number of pyridine rings is 2. The van der Waals surface area contributed by atoms with E-state index >= 15 is 0 Å². The number of aromatic nitrogens is 2. The summed E-state index contributed by atoms with van der Waals surface area (Å²) in [6, 6.07) is 14.3. The number of fused-ring (bicyclic) bond motifs is 1.